The summed E-state index contributed by atoms with van der Waals surface area (Å²) >= 11 is 1.68. The van der Waals surface area contributed by atoms with Crippen molar-refractivity contribution in [2.45, 2.75) is 6.54 Å². The van der Waals surface area contributed by atoms with Gasteiger partial charge in [-0.3, -0.25) is 0 Å². The van der Waals surface area contributed by atoms with E-state index in [-0.39, 0.29) is 0 Å². The molecule has 2 rings (SSSR count). The van der Waals surface area contributed by atoms with Gasteiger partial charge in [0.1, 0.15) is 0 Å². The van der Waals surface area contributed by atoms with Gasteiger partial charge in [0, 0.05) is 4.88 Å². The van der Waals surface area contributed by atoms with Crippen molar-refractivity contribution in [3.05, 3.63) is 58.3 Å². The first kappa shape index (κ1) is 9.93. The van der Waals surface area contributed by atoms with Crippen molar-refractivity contribution < 1.29 is 0 Å². The first-order valence-electron chi connectivity index (χ1n) is 4.78. The third-order valence-electron chi connectivity index (χ3n) is 1.95. The molecule has 0 amide bonds. The van der Waals surface area contributed by atoms with E-state index in [4.69, 9.17) is 0 Å². The zero-order valence-electron chi connectivity index (χ0n) is 8.26. The lowest BCUT2D eigenvalue weighted by Crippen LogP contribution is -2.04. The van der Waals surface area contributed by atoms with E-state index in [0.717, 1.165) is 11.4 Å². The Bertz CT molecular complexity index is 406. The summed E-state index contributed by atoms with van der Waals surface area (Å²) in [5, 5.41) is 6.18. The molecule has 15 heavy (non-hydrogen) atoms. The van der Waals surface area contributed by atoms with Crippen LogP contribution in [0.5, 0.6) is 0 Å². The normalized spacial score (nSPS) is 10.7. The highest BCUT2D eigenvalue weighted by atomic mass is 32.1. The third-order valence-corrected chi connectivity index (χ3v) is 2.76. The maximum atomic E-state index is 4.14. The summed E-state index contributed by atoms with van der Waals surface area (Å²) in [5.41, 5.74) is 4.25. The Balaban J connectivity index is 1.80. The van der Waals surface area contributed by atoms with Crippen molar-refractivity contribution in [1.82, 2.24) is 5.43 Å². The zero-order valence-corrected chi connectivity index (χ0v) is 9.08. The van der Waals surface area contributed by atoms with E-state index in [1.54, 1.807) is 11.3 Å². The Labute approximate surface area is 93.3 Å². The smallest absolute Gasteiger partial charge is 0.0640 e. The highest BCUT2D eigenvalue weighted by Gasteiger charge is 1.88. The van der Waals surface area contributed by atoms with E-state index >= 15 is 0 Å². The van der Waals surface area contributed by atoms with Crippen molar-refractivity contribution in [3.63, 3.8) is 0 Å². The number of nitrogens with zero attached hydrogens (tertiary/aromatic N) is 1. The van der Waals surface area contributed by atoms with Crippen molar-refractivity contribution in [2.24, 2.45) is 5.10 Å². The van der Waals surface area contributed by atoms with Crippen molar-refractivity contribution in [3.8, 4) is 0 Å². The number of hydrogen-bond donors (Lipinski definition) is 1. The van der Waals surface area contributed by atoms with Gasteiger partial charge in [0.25, 0.3) is 0 Å². The van der Waals surface area contributed by atoms with E-state index in [2.05, 4.69) is 22.7 Å². The van der Waals surface area contributed by atoms with Gasteiger partial charge in [-0.2, -0.15) is 5.10 Å². The largest absolute Gasteiger partial charge is 0.306 e. The second kappa shape index (κ2) is 5.32. The van der Waals surface area contributed by atoms with Gasteiger partial charge >= 0.3 is 0 Å². The lowest BCUT2D eigenvalue weighted by Gasteiger charge is -1.98. The molecule has 1 aromatic heterocycles. The molecule has 0 atom stereocenters. The minimum atomic E-state index is 0.767. The van der Waals surface area contributed by atoms with Crippen molar-refractivity contribution in [2.75, 3.05) is 0 Å². The van der Waals surface area contributed by atoms with Crippen LogP contribution in [0.2, 0.25) is 0 Å². The molecule has 2 aromatic rings. The van der Waals surface area contributed by atoms with Gasteiger partial charge in [-0.25, -0.2) is 0 Å². The average Bonchev–Trinajstić information content (AvgIpc) is 2.79. The molecule has 0 fully saturated rings. The van der Waals surface area contributed by atoms with E-state index in [0.29, 0.717) is 0 Å². The third kappa shape index (κ3) is 3.22. The first-order valence-corrected chi connectivity index (χ1v) is 5.66. The summed E-state index contributed by atoms with van der Waals surface area (Å²) in [7, 11) is 0. The molecular weight excluding hydrogens is 204 g/mol. The van der Waals surface area contributed by atoms with Crippen LogP contribution in [0.15, 0.2) is 52.9 Å². The van der Waals surface area contributed by atoms with Crippen LogP contribution in [-0.4, -0.2) is 6.21 Å². The Kier molecular flexibility index (Phi) is 3.52. The van der Waals surface area contributed by atoms with Crippen LogP contribution < -0.4 is 5.43 Å². The molecule has 0 aliphatic heterocycles. The summed E-state index contributed by atoms with van der Waals surface area (Å²) in [5.74, 6) is 0. The summed E-state index contributed by atoms with van der Waals surface area (Å²) in [6, 6.07) is 14.3. The molecule has 76 valence electrons. The van der Waals surface area contributed by atoms with Gasteiger partial charge < -0.3 is 5.43 Å². The molecule has 0 radical (unpaired) electrons. The summed E-state index contributed by atoms with van der Waals surface area (Å²) in [6.45, 7) is 0.767. The van der Waals surface area contributed by atoms with Gasteiger partial charge in [0.2, 0.25) is 0 Å². The molecule has 0 unspecified atom stereocenters. The monoisotopic (exact) mass is 216 g/mol. The molecule has 1 N–H and O–H groups in total. The topological polar surface area (TPSA) is 24.4 Å². The van der Waals surface area contributed by atoms with Crippen LogP contribution in [0.3, 0.4) is 0 Å². The van der Waals surface area contributed by atoms with Crippen LogP contribution in [0.25, 0.3) is 0 Å². The highest BCUT2D eigenvalue weighted by Crippen LogP contribution is 2.04. The lowest BCUT2D eigenvalue weighted by molar-refractivity contribution is 0.748. The maximum Gasteiger partial charge on any atom is 0.0640 e. The van der Waals surface area contributed by atoms with Crippen molar-refractivity contribution >= 4 is 17.6 Å². The number of rotatable bonds is 4. The maximum absolute atomic E-state index is 4.14. The van der Waals surface area contributed by atoms with E-state index < -0.39 is 0 Å². The predicted molar refractivity (Wildman–Crippen MR) is 65.2 cm³/mol. The van der Waals surface area contributed by atoms with Crippen LogP contribution in [0.1, 0.15) is 10.4 Å². The Morgan fingerprint density at radius 2 is 2.00 bits per heavy atom. The number of nitrogens with one attached hydrogen (secondary N) is 1. The fourth-order valence-electron chi connectivity index (χ4n) is 1.21. The van der Waals surface area contributed by atoms with E-state index in [9.17, 15) is 0 Å². The van der Waals surface area contributed by atoms with E-state index in [1.165, 1.54) is 5.56 Å². The number of benzene rings is 1. The van der Waals surface area contributed by atoms with E-state index in [1.807, 2.05) is 41.9 Å². The molecule has 0 bridgehead atoms. The number of thiophene rings is 1. The quantitative estimate of drug-likeness (QED) is 0.617. The molecule has 1 aromatic carbocycles. The predicted octanol–water partition coefficient (Wildman–Crippen LogP) is 2.87. The summed E-state index contributed by atoms with van der Waals surface area (Å²) < 4.78 is 0. The SMILES string of the molecule is C(=N\NCc1ccccc1)/c1cccs1. The van der Waals surface area contributed by atoms with Gasteiger partial charge in [0.05, 0.1) is 12.8 Å². The Hall–Kier alpha value is -1.61. The fraction of sp³-hybridized carbons (Fsp3) is 0.0833. The molecule has 0 aliphatic carbocycles. The van der Waals surface area contributed by atoms with Crippen LogP contribution in [0.4, 0.5) is 0 Å². The minimum absolute atomic E-state index is 0.767. The van der Waals surface area contributed by atoms with Crippen LogP contribution in [-0.2, 0) is 6.54 Å². The molecule has 1 heterocycles. The Morgan fingerprint density at radius 3 is 2.73 bits per heavy atom. The molecular formula is C12H12N2S. The zero-order chi connectivity index (χ0) is 10.3. The standard InChI is InChI=1S/C12H12N2S/c1-2-5-11(6-3-1)9-13-14-10-12-7-4-8-15-12/h1-8,10,13H,9H2/b14-10+. The average molecular weight is 216 g/mol. The second-order valence-corrected chi connectivity index (χ2v) is 4.07. The molecule has 0 aliphatic rings. The van der Waals surface area contributed by atoms with Gasteiger partial charge in [-0.05, 0) is 17.0 Å². The summed E-state index contributed by atoms with van der Waals surface area (Å²) in [4.78, 5) is 1.16. The Morgan fingerprint density at radius 1 is 1.13 bits per heavy atom. The minimum Gasteiger partial charge on any atom is -0.306 e. The number of hydrogen-bond acceptors (Lipinski definition) is 3. The number of hydrazone groups is 1. The molecule has 2 nitrogen and oxygen atoms in total. The van der Waals surface area contributed by atoms with Gasteiger partial charge in [0.15, 0.2) is 0 Å². The lowest BCUT2D eigenvalue weighted by atomic mass is 10.2. The molecule has 0 saturated heterocycles. The van der Waals surface area contributed by atoms with Crippen LogP contribution >= 0.6 is 11.3 Å². The fourth-order valence-corrected chi connectivity index (χ4v) is 1.79. The van der Waals surface area contributed by atoms with Gasteiger partial charge in [-0.1, -0.05) is 36.4 Å². The molecule has 0 spiro atoms. The van der Waals surface area contributed by atoms with Crippen LogP contribution in [0, 0.1) is 0 Å². The highest BCUT2D eigenvalue weighted by molar-refractivity contribution is 7.11. The first-order chi connectivity index (χ1) is 7.45. The van der Waals surface area contributed by atoms with Crippen molar-refractivity contribution in [1.29, 1.82) is 0 Å². The van der Waals surface area contributed by atoms with Gasteiger partial charge in [-0.15, -0.1) is 11.3 Å². The molecule has 3 heteroatoms. The second-order valence-electron chi connectivity index (χ2n) is 3.09. The molecule has 0 saturated carbocycles. The summed E-state index contributed by atoms with van der Waals surface area (Å²) in [6.07, 6.45) is 1.84.